The summed E-state index contributed by atoms with van der Waals surface area (Å²) >= 11 is 1.28. The molecule has 4 rings (SSSR count). The largest absolute Gasteiger partial charge is 0.497 e. The number of ether oxygens (including phenoxy) is 1. The van der Waals surface area contributed by atoms with Crippen LogP contribution in [-0.4, -0.2) is 38.5 Å². The van der Waals surface area contributed by atoms with Crippen LogP contribution in [0.4, 0.5) is 11.4 Å². The molecule has 1 N–H and O–H groups in total. The molecule has 0 aliphatic heterocycles. The molecule has 1 amide bonds. The number of rotatable bonds is 10. The fraction of sp³-hybridized carbons (Fsp3) is 0.192. The number of para-hydroxylation sites is 1. The second-order valence-electron chi connectivity index (χ2n) is 8.01. The Morgan fingerprint density at radius 1 is 1.06 bits per heavy atom. The maximum absolute atomic E-state index is 12.6. The van der Waals surface area contributed by atoms with Gasteiger partial charge in [-0.15, -0.1) is 10.2 Å². The summed E-state index contributed by atoms with van der Waals surface area (Å²) in [4.78, 5) is 23.1. The summed E-state index contributed by atoms with van der Waals surface area (Å²) in [6.07, 6.45) is 1.45. The van der Waals surface area contributed by atoms with Gasteiger partial charge in [0, 0.05) is 29.9 Å². The van der Waals surface area contributed by atoms with E-state index in [1.807, 2.05) is 59.2 Å². The van der Waals surface area contributed by atoms with Crippen LogP contribution in [0.3, 0.4) is 0 Å². The Labute approximate surface area is 212 Å². The van der Waals surface area contributed by atoms with Crippen LogP contribution in [0.5, 0.6) is 5.75 Å². The molecule has 1 heterocycles. The molecule has 0 saturated carbocycles. The average Bonchev–Trinajstić information content (AvgIpc) is 3.31. The zero-order valence-corrected chi connectivity index (χ0v) is 20.7. The molecule has 4 aromatic rings. The lowest BCUT2D eigenvalue weighted by atomic mass is 10.1. The van der Waals surface area contributed by atoms with E-state index in [1.54, 1.807) is 20.1 Å². The number of hydrogen-bond acceptors (Lipinski definition) is 7. The van der Waals surface area contributed by atoms with Gasteiger partial charge in [-0.25, -0.2) is 0 Å². The molecule has 0 aliphatic rings. The van der Waals surface area contributed by atoms with Crippen LogP contribution in [0.2, 0.25) is 0 Å². The summed E-state index contributed by atoms with van der Waals surface area (Å²) in [5.41, 5.74) is 3.22. The zero-order valence-electron chi connectivity index (χ0n) is 19.9. The number of nitrogens with zero attached hydrogens (tertiary/aromatic N) is 4. The Kier molecular flexibility index (Phi) is 7.96. The zero-order chi connectivity index (χ0) is 25.5. The fourth-order valence-electron chi connectivity index (χ4n) is 3.66. The molecule has 0 atom stereocenters. The van der Waals surface area contributed by atoms with E-state index in [4.69, 9.17) is 4.74 Å². The van der Waals surface area contributed by atoms with Crippen LogP contribution >= 0.6 is 11.8 Å². The summed E-state index contributed by atoms with van der Waals surface area (Å²) in [7, 11) is 1.64. The molecule has 0 spiro atoms. The lowest BCUT2D eigenvalue weighted by Gasteiger charge is -2.11. The Hall–Kier alpha value is -4.18. The third kappa shape index (κ3) is 6.08. The Morgan fingerprint density at radius 3 is 2.47 bits per heavy atom. The number of anilines is 1. The number of nitro groups is 1. The first-order valence-corrected chi connectivity index (χ1v) is 12.2. The van der Waals surface area contributed by atoms with Crippen molar-refractivity contribution in [2.24, 2.45) is 0 Å². The molecule has 0 fully saturated rings. The first-order valence-electron chi connectivity index (χ1n) is 11.2. The van der Waals surface area contributed by atoms with Gasteiger partial charge in [-0.1, -0.05) is 42.1 Å². The van der Waals surface area contributed by atoms with Gasteiger partial charge in [0.15, 0.2) is 5.16 Å². The predicted octanol–water partition coefficient (Wildman–Crippen LogP) is 5.01. The number of nitrogens with one attached hydrogen (secondary N) is 1. The third-order valence-corrected chi connectivity index (χ3v) is 6.47. The summed E-state index contributed by atoms with van der Waals surface area (Å²) in [5, 5.41) is 23.2. The normalized spacial score (nSPS) is 10.7. The van der Waals surface area contributed by atoms with Gasteiger partial charge in [-0.3, -0.25) is 19.5 Å². The van der Waals surface area contributed by atoms with Crippen LogP contribution in [0.25, 0.3) is 5.69 Å². The highest BCUT2D eigenvalue weighted by Crippen LogP contribution is 2.25. The van der Waals surface area contributed by atoms with Crippen molar-refractivity contribution in [1.29, 1.82) is 0 Å². The quantitative estimate of drug-likeness (QED) is 0.184. The highest BCUT2D eigenvalue weighted by atomic mass is 32.2. The van der Waals surface area contributed by atoms with E-state index in [-0.39, 0.29) is 17.3 Å². The average molecular weight is 504 g/mol. The van der Waals surface area contributed by atoms with E-state index in [0.717, 1.165) is 29.2 Å². The van der Waals surface area contributed by atoms with Crippen molar-refractivity contribution in [3.63, 3.8) is 0 Å². The van der Waals surface area contributed by atoms with Gasteiger partial charge in [0.1, 0.15) is 11.6 Å². The minimum absolute atomic E-state index is 0.0157. The lowest BCUT2D eigenvalue weighted by molar-refractivity contribution is -0.384. The molecule has 184 valence electrons. The van der Waals surface area contributed by atoms with Crippen molar-refractivity contribution >= 4 is 29.0 Å². The number of aromatic nitrogens is 3. The number of thioether (sulfide) groups is 1. The molecule has 36 heavy (non-hydrogen) atoms. The van der Waals surface area contributed by atoms with Gasteiger partial charge < -0.3 is 10.1 Å². The Balaban J connectivity index is 1.47. The molecule has 1 aromatic heterocycles. The number of hydrogen-bond donors (Lipinski definition) is 1. The van der Waals surface area contributed by atoms with Gasteiger partial charge in [-0.05, 0) is 54.8 Å². The van der Waals surface area contributed by atoms with E-state index in [9.17, 15) is 14.9 Å². The topological polar surface area (TPSA) is 112 Å². The molecule has 10 heteroatoms. The molecule has 0 radical (unpaired) electrons. The van der Waals surface area contributed by atoms with Crippen molar-refractivity contribution in [3.05, 3.63) is 99.9 Å². The molecule has 0 saturated heterocycles. The summed E-state index contributed by atoms with van der Waals surface area (Å²) in [6.45, 7) is 1.72. The number of nitro benzene ring substituents is 1. The SMILES string of the molecule is COc1ccc(CCc2nnc(SCC(=O)Nc3ccc([N+](=O)[O-])cc3C)n2-c2ccccc2)cc1. The van der Waals surface area contributed by atoms with Crippen molar-refractivity contribution in [2.75, 3.05) is 18.2 Å². The van der Waals surface area contributed by atoms with E-state index < -0.39 is 4.92 Å². The van der Waals surface area contributed by atoms with Gasteiger partial charge in [-0.2, -0.15) is 0 Å². The highest BCUT2D eigenvalue weighted by molar-refractivity contribution is 7.99. The number of benzene rings is 3. The van der Waals surface area contributed by atoms with E-state index in [1.165, 1.54) is 23.9 Å². The minimum Gasteiger partial charge on any atom is -0.497 e. The number of methoxy groups -OCH3 is 1. The smallest absolute Gasteiger partial charge is 0.269 e. The van der Waals surface area contributed by atoms with Gasteiger partial charge in [0.2, 0.25) is 5.91 Å². The molecule has 0 bridgehead atoms. The highest BCUT2D eigenvalue weighted by Gasteiger charge is 2.17. The monoisotopic (exact) mass is 503 g/mol. The van der Waals surface area contributed by atoms with Gasteiger partial charge in [0.05, 0.1) is 17.8 Å². The van der Waals surface area contributed by atoms with Crippen molar-refractivity contribution < 1.29 is 14.5 Å². The van der Waals surface area contributed by atoms with E-state index in [0.29, 0.717) is 22.8 Å². The molecule has 3 aromatic carbocycles. The van der Waals surface area contributed by atoms with Crippen LogP contribution in [0.1, 0.15) is 17.0 Å². The van der Waals surface area contributed by atoms with Gasteiger partial charge in [0.25, 0.3) is 5.69 Å². The van der Waals surface area contributed by atoms with E-state index >= 15 is 0 Å². The van der Waals surface area contributed by atoms with Crippen LogP contribution in [-0.2, 0) is 17.6 Å². The molecule has 0 unspecified atom stereocenters. The second kappa shape index (κ2) is 11.5. The Bertz CT molecular complexity index is 1360. The van der Waals surface area contributed by atoms with Gasteiger partial charge >= 0.3 is 0 Å². The second-order valence-corrected chi connectivity index (χ2v) is 8.95. The first kappa shape index (κ1) is 24.9. The number of non-ortho nitro benzene ring substituents is 1. The Morgan fingerprint density at radius 2 is 1.81 bits per heavy atom. The number of carbonyl (C=O) groups is 1. The van der Waals surface area contributed by atoms with Crippen molar-refractivity contribution in [3.8, 4) is 11.4 Å². The molecule has 9 nitrogen and oxygen atoms in total. The number of amides is 1. The standard InChI is InChI=1S/C26H25N5O4S/c1-18-16-21(31(33)34)11-14-23(18)27-25(32)17-36-26-29-28-24(30(26)20-6-4-3-5-7-20)15-10-19-8-12-22(35-2)13-9-19/h3-9,11-14,16H,10,15,17H2,1-2H3,(H,27,32). The van der Waals surface area contributed by atoms with Crippen LogP contribution in [0, 0.1) is 17.0 Å². The summed E-state index contributed by atoms with van der Waals surface area (Å²) in [5.74, 6) is 1.48. The molecule has 0 aliphatic carbocycles. The maximum Gasteiger partial charge on any atom is 0.269 e. The number of aryl methyl sites for hydroxylation is 3. The van der Waals surface area contributed by atoms with Crippen LogP contribution in [0.15, 0.2) is 78.0 Å². The first-order chi connectivity index (χ1) is 17.4. The van der Waals surface area contributed by atoms with Crippen LogP contribution < -0.4 is 10.1 Å². The third-order valence-electron chi connectivity index (χ3n) is 5.54. The summed E-state index contributed by atoms with van der Waals surface area (Å²) in [6, 6.07) is 22.1. The fourth-order valence-corrected chi connectivity index (χ4v) is 4.43. The minimum atomic E-state index is -0.461. The molecular formula is C26H25N5O4S. The maximum atomic E-state index is 12.6. The summed E-state index contributed by atoms with van der Waals surface area (Å²) < 4.78 is 7.20. The van der Waals surface area contributed by atoms with Crippen molar-refractivity contribution in [2.45, 2.75) is 24.9 Å². The van der Waals surface area contributed by atoms with Crippen molar-refractivity contribution in [1.82, 2.24) is 14.8 Å². The lowest BCUT2D eigenvalue weighted by Crippen LogP contribution is -2.15. The van der Waals surface area contributed by atoms with E-state index in [2.05, 4.69) is 15.5 Å². The predicted molar refractivity (Wildman–Crippen MR) is 139 cm³/mol. The molecular weight excluding hydrogens is 478 g/mol. The number of carbonyl (C=O) groups excluding carboxylic acids is 1.